The molecule has 2 aromatic rings. The second kappa shape index (κ2) is 7.29. The fourth-order valence-electron chi connectivity index (χ4n) is 2.89. The molecule has 0 bridgehead atoms. The maximum absolute atomic E-state index is 13.2. The van der Waals surface area contributed by atoms with Gasteiger partial charge in [-0.25, -0.2) is 4.90 Å². The summed E-state index contributed by atoms with van der Waals surface area (Å²) in [6, 6.07) is 13.0. The van der Waals surface area contributed by atoms with E-state index in [9.17, 15) is 9.59 Å². The summed E-state index contributed by atoms with van der Waals surface area (Å²) in [5.74, 6) is -0.581. The zero-order valence-electron chi connectivity index (χ0n) is 15.2. The second-order valence-corrected chi connectivity index (χ2v) is 8.56. The van der Waals surface area contributed by atoms with E-state index in [0.717, 1.165) is 16.7 Å². The molecule has 134 valence electrons. The van der Waals surface area contributed by atoms with Gasteiger partial charge in [-0.15, -0.1) is 11.8 Å². The fourth-order valence-corrected chi connectivity index (χ4v) is 4.04. The smallest absolute Gasteiger partial charge is 0.268 e. The van der Waals surface area contributed by atoms with Crippen LogP contribution in [-0.2, 0) is 9.59 Å². The quantitative estimate of drug-likeness (QED) is 0.663. The molecule has 0 spiro atoms. The maximum atomic E-state index is 13.2. The second-order valence-electron chi connectivity index (χ2n) is 6.57. The summed E-state index contributed by atoms with van der Waals surface area (Å²) >= 11 is 7.64. The monoisotopic (exact) mass is 385 g/mol. The number of nitrogens with zero attached hydrogens (tertiary/aromatic N) is 1. The van der Waals surface area contributed by atoms with Crippen LogP contribution in [0.1, 0.15) is 30.5 Å². The summed E-state index contributed by atoms with van der Waals surface area (Å²) in [6.45, 7) is 7.83. The minimum absolute atomic E-state index is 0.183. The molecule has 1 heterocycles. The predicted octanol–water partition coefficient (Wildman–Crippen LogP) is 5.38. The van der Waals surface area contributed by atoms with E-state index >= 15 is 0 Å². The molecule has 2 aromatic carbocycles. The number of hydrogen-bond donors (Lipinski definition) is 0. The first-order valence-electron chi connectivity index (χ1n) is 8.43. The lowest BCUT2D eigenvalue weighted by Crippen LogP contribution is -2.32. The lowest BCUT2D eigenvalue weighted by atomic mass is 10.0. The van der Waals surface area contributed by atoms with Crippen molar-refractivity contribution in [3.05, 3.63) is 69.1 Å². The summed E-state index contributed by atoms with van der Waals surface area (Å²) in [7, 11) is 0. The van der Waals surface area contributed by atoms with E-state index in [1.54, 1.807) is 18.2 Å². The van der Waals surface area contributed by atoms with Gasteiger partial charge < -0.3 is 0 Å². The number of anilines is 1. The van der Waals surface area contributed by atoms with Gasteiger partial charge in [0.15, 0.2) is 0 Å². The van der Waals surface area contributed by atoms with Gasteiger partial charge in [0, 0.05) is 10.3 Å². The Labute approximate surface area is 163 Å². The predicted molar refractivity (Wildman–Crippen MR) is 110 cm³/mol. The molecule has 2 amide bonds. The van der Waals surface area contributed by atoms with E-state index in [4.69, 9.17) is 11.6 Å². The van der Waals surface area contributed by atoms with Gasteiger partial charge in [-0.05, 0) is 37.1 Å². The lowest BCUT2D eigenvalue weighted by Gasteiger charge is -2.18. The average Bonchev–Trinajstić information content (AvgIpc) is 2.82. The molecule has 5 heteroatoms. The highest BCUT2D eigenvalue weighted by atomic mass is 35.5. The van der Waals surface area contributed by atoms with Gasteiger partial charge in [0.2, 0.25) is 0 Å². The first-order chi connectivity index (χ1) is 12.3. The largest absolute Gasteiger partial charge is 0.272 e. The Kier molecular flexibility index (Phi) is 5.26. The van der Waals surface area contributed by atoms with Gasteiger partial charge in [0.1, 0.15) is 0 Å². The van der Waals surface area contributed by atoms with Crippen LogP contribution >= 0.6 is 23.4 Å². The van der Waals surface area contributed by atoms with Gasteiger partial charge in [-0.3, -0.25) is 9.59 Å². The van der Waals surface area contributed by atoms with Crippen LogP contribution in [0.15, 0.2) is 47.4 Å². The van der Waals surface area contributed by atoms with Crippen molar-refractivity contribution >= 4 is 46.4 Å². The van der Waals surface area contributed by atoms with Crippen molar-refractivity contribution in [2.24, 2.45) is 0 Å². The molecule has 0 saturated heterocycles. The van der Waals surface area contributed by atoms with Crippen molar-refractivity contribution in [1.82, 2.24) is 0 Å². The molecule has 0 atom stereocenters. The van der Waals surface area contributed by atoms with Crippen LogP contribution in [0.2, 0.25) is 5.02 Å². The molecule has 26 heavy (non-hydrogen) atoms. The summed E-state index contributed by atoms with van der Waals surface area (Å²) in [5, 5.41) is 0.715. The van der Waals surface area contributed by atoms with Crippen LogP contribution < -0.4 is 4.90 Å². The van der Waals surface area contributed by atoms with Crippen LogP contribution in [0.3, 0.4) is 0 Å². The van der Waals surface area contributed by atoms with E-state index in [-0.39, 0.29) is 17.1 Å². The van der Waals surface area contributed by atoms with Crippen molar-refractivity contribution < 1.29 is 9.59 Å². The Hall–Kier alpha value is -2.04. The van der Waals surface area contributed by atoms with Crippen molar-refractivity contribution in [3.8, 4) is 0 Å². The number of amides is 2. The highest BCUT2D eigenvalue weighted by molar-refractivity contribution is 8.04. The molecule has 0 unspecified atom stereocenters. The molecule has 0 aromatic heterocycles. The Morgan fingerprint density at radius 3 is 2.23 bits per heavy atom. The molecular formula is C21H20ClNO2S. The van der Waals surface area contributed by atoms with E-state index in [1.807, 2.05) is 52.0 Å². The van der Waals surface area contributed by atoms with Crippen molar-refractivity contribution in [1.29, 1.82) is 0 Å². The highest BCUT2D eigenvalue weighted by Crippen LogP contribution is 2.41. The first-order valence-corrected chi connectivity index (χ1v) is 9.69. The first kappa shape index (κ1) is 18.7. The van der Waals surface area contributed by atoms with Crippen molar-refractivity contribution in [2.75, 3.05) is 4.90 Å². The third kappa shape index (κ3) is 3.31. The number of aryl methyl sites for hydroxylation is 1. The molecule has 3 rings (SSSR count). The van der Waals surface area contributed by atoms with Crippen LogP contribution in [-0.4, -0.2) is 17.1 Å². The molecule has 0 fully saturated rings. The SMILES string of the molecule is Cc1ccc(C2=C(SC(C)C)C(=O)N(c3cccc(Cl)c3C)C2=O)cc1. The minimum atomic E-state index is -0.299. The molecule has 0 saturated carbocycles. The molecule has 0 aliphatic carbocycles. The Morgan fingerprint density at radius 2 is 1.62 bits per heavy atom. The Morgan fingerprint density at radius 1 is 0.962 bits per heavy atom. The van der Waals surface area contributed by atoms with E-state index in [2.05, 4.69) is 0 Å². The van der Waals surface area contributed by atoms with Crippen molar-refractivity contribution in [3.63, 3.8) is 0 Å². The number of imide groups is 1. The number of rotatable bonds is 4. The normalized spacial score (nSPS) is 14.8. The number of halogens is 1. The maximum Gasteiger partial charge on any atom is 0.272 e. The topological polar surface area (TPSA) is 37.4 Å². The van der Waals surface area contributed by atoms with Crippen LogP contribution in [0, 0.1) is 13.8 Å². The number of carbonyl (C=O) groups excluding carboxylic acids is 2. The average molecular weight is 386 g/mol. The summed E-state index contributed by atoms with van der Waals surface area (Å²) in [6.07, 6.45) is 0. The molecule has 0 N–H and O–H groups in total. The van der Waals surface area contributed by atoms with Gasteiger partial charge in [0.05, 0.1) is 16.2 Å². The summed E-state index contributed by atoms with van der Waals surface area (Å²) in [5.41, 5.74) is 3.59. The molecule has 1 aliphatic heterocycles. The number of thioether (sulfide) groups is 1. The molecule has 1 aliphatic rings. The van der Waals surface area contributed by atoms with Gasteiger partial charge in [-0.2, -0.15) is 0 Å². The van der Waals surface area contributed by atoms with E-state index in [1.165, 1.54) is 16.7 Å². The van der Waals surface area contributed by atoms with Crippen LogP contribution in [0.25, 0.3) is 5.57 Å². The van der Waals surface area contributed by atoms with E-state index < -0.39 is 0 Å². The Balaban J connectivity index is 2.14. The number of benzene rings is 2. The van der Waals surface area contributed by atoms with Gasteiger partial charge in [-0.1, -0.05) is 61.3 Å². The summed E-state index contributed by atoms with van der Waals surface area (Å²) in [4.78, 5) is 28.1. The van der Waals surface area contributed by atoms with Gasteiger partial charge in [0.25, 0.3) is 11.8 Å². The highest BCUT2D eigenvalue weighted by Gasteiger charge is 2.41. The molecule has 3 nitrogen and oxygen atoms in total. The fraction of sp³-hybridized carbons (Fsp3) is 0.238. The summed E-state index contributed by atoms with van der Waals surface area (Å²) < 4.78 is 0. The van der Waals surface area contributed by atoms with Crippen LogP contribution in [0.5, 0.6) is 0 Å². The number of hydrogen-bond acceptors (Lipinski definition) is 3. The van der Waals surface area contributed by atoms with Crippen LogP contribution in [0.4, 0.5) is 5.69 Å². The van der Waals surface area contributed by atoms with Crippen molar-refractivity contribution in [2.45, 2.75) is 32.9 Å². The van der Waals surface area contributed by atoms with Gasteiger partial charge >= 0.3 is 0 Å². The number of carbonyl (C=O) groups is 2. The third-order valence-corrected chi connectivity index (χ3v) is 5.71. The van der Waals surface area contributed by atoms with E-state index in [0.29, 0.717) is 21.2 Å². The third-order valence-electron chi connectivity index (χ3n) is 4.22. The Bertz CT molecular complexity index is 916. The zero-order chi connectivity index (χ0) is 19.0. The lowest BCUT2D eigenvalue weighted by molar-refractivity contribution is -0.119. The standard InChI is InChI=1S/C21H20ClNO2S/c1-12(2)26-19-18(15-10-8-13(3)9-11-15)20(24)23(21(19)25)17-7-5-6-16(22)14(17)4/h5-12H,1-4H3. The molecular weight excluding hydrogens is 366 g/mol. The zero-order valence-corrected chi connectivity index (χ0v) is 16.7. The molecule has 0 radical (unpaired) electrons. The minimum Gasteiger partial charge on any atom is -0.268 e.